The molecule has 0 spiro atoms. The summed E-state index contributed by atoms with van der Waals surface area (Å²) in [4.78, 5) is 0. The predicted molar refractivity (Wildman–Crippen MR) is 70.4 cm³/mol. The largest absolute Gasteiger partial charge is 0.379 e. The van der Waals surface area contributed by atoms with E-state index < -0.39 is 5.60 Å². The summed E-state index contributed by atoms with van der Waals surface area (Å²) in [6.07, 6.45) is 3.45. The number of fused-ring (bicyclic) bond motifs is 1. The Balaban J connectivity index is 2.17. The molecule has 3 rings (SSSR count). The van der Waals surface area contributed by atoms with Crippen molar-refractivity contribution in [2.75, 3.05) is 0 Å². The number of hydrogen-bond acceptors (Lipinski definition) is 2. The molecule has 1 aliphatic rings. The van der Waals surface area contributed by atoms with Crippen LogP contribution in [0.2, 0.25) is 0 Å². The molecule has 1 heterocycles. The summed E-state index contributed by atoms with van der Waals surface area (Å²) in [6, 6.07) is 8.28. The lowest BCUT2D eigenvalue weighted by atomic mass is 9.91. The van der Waals surface area contributed by atoms with E-state index in [4.69, 9.17) is 0 Å². The second-order valence-corrected chi connectivity index (χ2v) is 5.05. The Kier molecular flexibility index (Phi) is 2.52. The molecule has 2 aromatic rings. The van der Waals surface area contributed by atoms with Crippen molar-refractivity contribution in [2.45, 2.75) is 38.8 Å². The minimum atomic E-state index is -0.867. The van der Waals surface area contributed by atoms with E-state index in [1.807, 2.05) is 17.7 Å². The molecule has 0 radical (unpaired) electrons. The quantitative estimate of drug-likeness (QED) is 0.878. The van der Waals surface area contributed by atoms with Crippen LogP contribution in [-0.2, 0) is 18.6 Å². The first-order valence-corrected chi connectivity index (χ1v) is 6.50. The Bertz CT molecular complexity index is 588. The molecule has 18 heavy (non-hydrogen) atoms. The van der Waals surface area contributed by atoms with Crippen molar-refractivity contribution in [1.82, 2.24) is 9.78 Å². The van der Waals surface area contributed by atoms with E-state index >= 15 is 0 Å². The fourth-order valence-corrected chi connectivity index (χ4v) is 2.95. The Morgan fingerprint density at radius 3 is 3.00 bits per heavy atom. The molecule has 0 saturated heterocycles. The molecule has 0 fully saturated rings. The first-order chi connectivity index (χ1) is 8.65. The lowest BCUT2D eigenvalue weighted by Gasteiger charge is -2.25. The second kappa shape index (κ2) is 3.95. The SMILES string of the molecule is CCn1nccc1C1(O)CCc2ccc(C)cc21. The molecule has 1 N–H and O–H groups in total. The first kappa shape index (κ1) is 11.5. The van der Waals surface area contributed by atoms with Crippen LogP contribution < -0.4 is 0 Å². The number of aryl methyl sites for hydroxylation is 3. The third-order valence-corrected chi connectivity index (χ3v) is 3.91. The van der Waals surface area contributed by atoms with Gasteiger partial charge >= 0.3 is 0 Å². The van der Waals surface area contributed by atoms with Crippen LogP contribution in [0.15, 0.2) is 30.5 Å². The number of hydrogen-bond donors (Lipinski definition) is 1. The van der Waals surface area contributed by atoms with Crippen molar-refractivity contribution in [3.05, 3.63) is 52.8 Å². The third-order valence-electron chi connectivity index (χ3n) is 3.91. The Hall–Kier alpha value is -1.61. The minimum absolute atomic E-state index is 0.748. The van der Waals surface area contributed by atoms with Gasteiger partial charge in [-0.15, -0.1) is 0 Å². The lowest BCUT2D eigenvalue weighted by molar-refractivity contribution is 0.0729. The molecule has 1 atom stereocenters. The van der Waals surface area contributed by atoms with Crippen molar-refractivity contribution < 1.29 is 5.11 Å². The highest BCUT2D eigenvalue weighted by molar-refractivity contribution is 5.45. The fourth-order valence-electron chi connectivity index (χ4n) is 2.95. The Labute approximate surface area is 107 Å². The van der Waals surface area contributed by atoms with E-state index in [2.05, 4.69) is 30.2 Å². The molecule has 1 aromatic heterocycles. The Morgan fingerprint density at radius 2 is 2.22 bits per heavy atom. The maximum Gasteiger partial charge on any atom is 0.132 e. The zero-order valence-corrected chi connectivity index (χ0v) is 10.8. The molecule has 1 aromatic carbocycles. The highest BCUT2D eigenvalue weighted by Gasteiger charge is 2.40. The normalized spacial score (nSPS) is 22.2. The van der Waals surface area contributed by atoms with Gasteiger partial charge in [-0.25, -0.2) is 0 Å². The van der Waals surface area contributed by atoms with Crippen LogP contribution in [0.3, 0.4) is 0 Å². The van der Waals surface area contributed by atoms with Gasteiger partial charge in [-0.3, -0.25) is 4.68 Å². The highest BCUT2D eigenvalue weighted by Crippen LogP contribution is 2.42. The number of aliphatic hydroxyl groups is 1. The van der Waals surface area contributed by atoms with E-state index in [1.165, 1.54) is 11.1 Å². The number of aromatic nitrogens is 2. The van der Waals surface area contributed by atoms with Gasteiger partial charge in [-0.2, -0.15) is 5.10 Å². The average molecular weight is 242 g/mol. The molecule has 0 aliphatic heterocycles. The van der Waals surface area contributed by atoms with Crippen LogP contribution in [0.25, 0.3) is 0 Å². The molecule has 0 amide bonds. The Morgan fingerprint density at radius 1 is 1.39 bits per heavy atom. The first-order valence-electron chi connectivity index (χ1n) is 6.50. The van der Waals surface area contributed by atoms with Crippen LogP contribution in [-0.4, -0.2) is 14.9 Å². The standard InChI is InChI=1S/C15H18N2O/c1-3-17-14(7-9-16-17)15(18)8-6-12-5-4-11(2)10-13(12)15/h4-5,7,9-10,18H,3,6,8H2,1-2H3. The van der Waals surface area contributed by atoms with Crippen molar-refractivity contribution >= 4 is 0 Å². The molecule has 0 bridgehead atoms. The lowest BCUT2D eigenvalue weighted by Crippen LogP contribution is -2.27. The van der Waals surface area contributed by atoms with Crippen LogP contribution in [0.1, 0.15) is 35.7 Å². The van der Waals surface area contributed by atoms with E-state index in [1.54, 1.807) is 6.20 Å². The molecule has 3 heteroatoms. The summed E-state index contributed by atoms with van der Waals surface area (Å²) in [5.41, 5.74) is 3.55. The van der Waals surface area contributed by atoms with E-state index in [-0.39, 0.29) is 0 Å². The summed E-state index contributed by atoms with van der Waals surface area (Å²) >= 11 is 0. The van der Waals surface area contributed by atoms with Gasteiger partial charge in [0.15, 0.2) is 0 Å². The minimum Gasteiger partial charge on any atom is -0.379 e. The van der Waals surface area contributed by atoms with Crippen LogP contribution in [0, 0.1) is 6.92 Å². The van der Waals surface area contributed by atoms with Crippen LogP contribution in [0.4, 0.5) is 0 Å². The van der Waals surface area contributed by atoms with Gasteiger partial charge in [-0.05, 0) is 43.9 Å². The molecule has 1 aliphatic carbocycles. The number of rotatable bonds is 2. The van der Waals surface area contributed by atoms with Crippen molar-refractivity contribution in [3.8, 4) is 0 Å². The monoisotopic (exact) mass is 242 g/mol. The van der Waals surface area contributed by atoms with Gasteiger partial charge in [-0.1, -0.05) is 23.8 Å². The summed E-state index contributed by atoms with van der Waals surface area (Å²) in [6.45, 7) is 4.90. The van der Waals surface area contributed by atoms with Crippen molar-refractivity contribution in [2.24, 2.45) is 0 Å². The highest BCUT2D eigenvalue weighted by atomic mass is 16.3. The molecule has 1 unspecified atom stereocenters. The van der Waals surface area contributed by atoms with Crippen LogP contribution >= 0.6 is 0 Å². The summed E-state index contributed by atoms with van der Waals surface area (Å²) in [5.74, 6) is 0. The fraction of sp³-hybridized carbons (Fsp3) is 0.400. The smallest absolute Gasteiger partial charge is 0.132 e. The zero-order chi connectivity index (χ0) is 12.8. The molecule has 94 valence electrons. The second-order valence-electron chi connectivity index (χ2n) is 5.05. The summed E-state index contributed by atoms with van der Waals surface area (Å²) in [5, 5.41) is 15.4. The average Bonchev–Trinajstić information content (AvgIpc) is 2.96. The topological polar surface area (TPSA) is 38.0 Å². The van der Waals surface area contributed by atoms with Gasteiger partial charge in [0, 0.05) is 12.7 Å². The third kappa shape index (κ3) is 1.51. The van der Waals surface area contributed by atoms with E-state index in [0.717, 1.165) is 30.6 Å². The van der Waals surface area contributed by atoms with Gasteiger partial charge < -0.3 is 5.11 Å². The predicted octanol–water partition coefficient (Wildman–Crippen LogP) is 2.39. The molecule has 3 nitrogen and oxygen atoms in total. The maximum absolute atomic E-state index is 11.1. The zero-order valence-electron chi connectivity index (χ0n) is 10.8. The maximum atomic E-state index is 11.1. The molecule has 0 saturated carbocycles. The number of benzene rings is 1. The van der Waals surface area contributed by atoms with Gasteiger partial charge in [0.25, 0.3) is 0 Å². The summed E-state index contributed by atoms with van der Waals surface area (Å²) in [7, 11) is 0. The van der Waals surface area contributed by atoms with Crippen LogP contribution in [0.5, 0.6) is 0 Å². The van der Waals surface area contributed by atoms with Crippen molar-refractivity contribution in [1.29, 1.82) is 0 Å². The van der Waals surface area contributed by atoms with E-state index in [0.29, 0.717) is 0 Å². The van der Waals surface area contributed by atoms with Crippen molar-refractivity contribution in [3.63, 3.8) is 0 Å². The van der Waals surface area contributed by atoms with Gasteiger partial charge in [0.1, 0.15) is 5.60 Å². The summed E-state index contributed by atoms with van der Waals surface area (Å²) < 4.78 is 1.89. The van der Waals surface area contributed by atoms with Gasteiger partial charge in [0.05, 0.1) is 5.69 Å². The number of nitrogens with zero attached hydrogens (tertiary/aromatic N) is 2. The molecular formula is C15H18N2O. The molecular weight excluding hydrogens is 224 g/mol. The van der Waals surface area contributed by atoms with E-state index in [9.17, 15) is 5.11 Å². The van der Waals surface area contributed by atoms with Gasteiger partial charge in [0.2, 0.25) is 0 Å².